The zero-order valence-corrected chi connectivity index (χ0v) is 18.6. The van der Waals surface area contributed by atoms with Gasteiger partial charge < -0.3 is 10.6 Å². The molecule has 1 saturated heterocycles. The largest absolute Gasteiger partial charge is 0.370 e. The zero-order valence-electron chi connectivity index (χ0n) is 17.7. The van der Waals surface area contributed by atoms with Gasteiger partial charge in [0.2, 0.25) is 5.91 Å². The van der Waals surface area contributed by atoms with Gasteiger partial charge in [-0.1, -0.05) is 24.3 Å². The Balaban J connectivity index is 1.80. The Morgan fingerprint density at radius 1 is 1.13 bits per heavy atom. The van der Waals surface area contributed by atoms with Crippen LogP contribution < -0.4 is 10.0 Å². The van der Waals surface area contributed by atoms with Crippen LogP contribution in [0.4, 0.5) is 5.69 Å². The van der Waals surface area contributed by atoms with Crippen LogP contribution in [0, 0.1) is 5.92 Å². The Bertz CT molecular complexity index is 1020. The maximum Gasteiger partial charge on any atom is 0.264 e. The van der Waals surface area contributed by atoms with Crippen LogP contribution in [0.25, 0.3) is 0 Å². The molecule has 2 N–H and O–H groups in total. The number of carbonyl (C=O) groups is 2. The van der Waals surface area contributed by atoms with E-state index in [2.05, 4.69) is 0 Å². The number of hydrogen-bond donors (Lipinski definition) is 1. The molecule has 0 aliphatic carbocycles. The molecule has 7 nitrogen and oxygen atoms in total. The van der Waals surface area contributed by atoms with E-state index in [0.29, 0.717) is 37.2 Å². The Morgan fingerprint density at radius 3 is 2.55 bits per heavy atom. The van der Waals surface area contributed by atoms with Gasteiger partial charge in [-0.15, -0.1) is 0 Å². The molecule has 166 valence electrons. The molecule has 1 aliphatic rings. The van der Waals surface area contributed by atoms with Gasteiger partial charge in [0.25, 0.3) is 15.9 Å². The molecule has 1 fully saturated rings. The van der Waals surface area contributed by atoms with E-state index in [4.69, 9.17) is 5.73 Å². The first-order valence-electron chi connectivity index (χ1n) is 10.6. The fourth-order valence-corrected chi connectivity index (χ4v) is 5.54. The topological polar surface area (TPSA) is 101 Å². The van der Waals surface area contributed by atoms with E-state index >= 15 is 0 Å². The molecule has 1 heterocycles. The van der Waals surface area contributed by atoms with Crippen molar-refractivity contribution < 1.29 is 18.0 Å². The zero-order chi connectivity index (χ0) is 22.4. The molecule has 2 aromatic carbocycles. The number of primary amides is 1. The lowest BCUT2D eigenvalue weighted by Gasteiger charge is -2.33. The van der Waals surface area contributed by atoms with Crippen LogP contribution in [0.5, 0.6) is 0 Å². The number of amides is 2. The van der Waals surface area contributed by atoms with Crippen molar-refractivity contribution in [3.8, 4) is 0 Å². The Morgan fingerprint density at radius 2 is 1.87 bits per heavy atom. The van der Waals surface area contributed by atoms with E-state index in [0.717, 1.165) is 12.8 Å². The number of nitrogens with two attached hydrogens (primary N) is 1. The molecule has 1 unspecified atom stereocenters. The van der Waals surface area contributed by atoms with E-state index in [1.54, 1.807) is 48.2 Å². The number of sulfonamides is 1. The molecule has 3 rings (SSSR count). The SMILES string of the molecule is CCN(c1ccccc1)S(=O)(=O)c1cccc(C(=O)N2CCCC(CCC(N)=O)C2)c1. The second-order valence-electron chi connectivity index (χ2n) is 7.80. The van der Waals surface area contributed by atoms with Crippen LogP contribution in [0.15, 0.2) is 59.5 Å². The molecule has 31 heavy (non-hydrogen) atoms. The highest BCUT2D eigenvalue weighted by atomic mass is 32.2. The minimum atomic E-state index is -3.81. The quantitative estimate of drug-likeness (QED) is 0.678. The summed E-state index contributed by atoms with van der Waals surface area (Å²) in [4.78, 5) is 26.0. The monoisotopic (exact) mass is 443 g/mol. The van der Waals surface area contributed by atoms with Crippen LogP contribution in [0.2, 0.25) is 0 Å². The molecule has 0 aromatic heterocycles. The van der Waals surface area contributed by atoms with E-state index in [1.165, 1.54) is 16.4 Å². The predicted molar refractivity (Wildman–Crippen MR) is 120 cm³/mol. The lowest BCUT2D eigenvalue weighted by atomic mass is 9.93. The summed E-state index contributed by atoms with van der Waals surface area (Å²) in [6, 6.07) is 15.1. The van der Waals surface area contributed by atoms with E-state index in [1.807, 2.05) is 6.07 Å². The third-order valence-corrected chi connectivity index (χ3v) is 7.50. The molecule has 1 aliphatic heterocycles. The molecule has 2 aromatic rings. The highest BCUT2D eigenvalue weighted by Crippen LogP contribution is 2.26. The first-order chi connectivity index (χ1) is 14.8. The van der Waals surface area contributed by atoms with Crippen LogP contribution in [-0.2, 0) is 14.8 Å². The van der Waals surface area contributed by atoms with Gasteiger partial charge in [0.15, 0.2) is 0 Å². The van der Waals surface area contributed by atoms with Gasteiger partial charge in [-0.05, 0) is 62.4 Å². The van der Waals surface area contributed by atoms with E-state index in [-0.39, 0.29) is 29.2 Å². The number of piperidine rings is 1. The highest BCUT2D eigenvalue weighted by molar-refractivity contribution is 7.92. The van der Waals surface area contributed by atoms with Crippen molar-refractivity contribution in [2.75, 3.05) is 23.9 Å². The first-order valence-corrected chi connectivity index (χ1v) is 12.0. The summed E-state index contributed by atoms with van der Waals surface area (Å²) in [7, 11) is -3.81. The van der Waals surface area contributed by atoms with Crippen molar-refractivity contribution in [1.82, 2.24) is 4.90 Å². The van der Waals surface area contributed by atoms with Gasteiger partial charge in [-0.2, -0.15) is 0 Å². The number of rotatable bonds is 8. The number of carbonyl (C=O) groups excluding carboxylic acids is 2. The number of likely N-dealkylation sites (tertiary alicyclic amines) is 1. The predicted octanol–water partition coefficient (Wildman–Crippen LogP) is 3.02. The summed E-state index contributed by atoms with van der Waals surface area (Å²) < 4.78 is 27.9. The molecule has 2 amide bonds. The fourth-order valence-electron chi connectivity index (χ4n) is 4.02. The molecular formula is C23H29N3O4S. The lowest BCUT2D eigenvalue weighted by molar-refractivity contribution is -0.118. The molecule has 0 spiro atoms. The lowest BCUT2D eigenvalue weighted by Crippen LogP contribution is -2.40. The number of hydrogen-bond acceptors (Lipinski definition) is 4. The minimum Gasteiger partial charge on any atom is -0.370 e. The standard InChI is InChI=1S/C23H29N3O4S/c1-2-26(20-10-4-3-5-11-20)31(29,30)21-12-6-9-19(16-21)23(28)25-15-7-8-18(17-25)13-14-22(24)27/h3-6,9-12,16,18H,2,7-8,13-15,17H2,1H3,(H2,24,27). The number of para-hydroxylation sites is 1. The molecule has 8 heteroatoms. The van der Waals surface area contributed by atoms with Crippen LogP contribution in [-0.4, -0.2) is 44.8 Å². The summed E-state index contributed by atoms with van der Waals surface area (Å²) in [5.41, 5.74) is 6.18. The van der Waals surface area contributed by atoms with E-state index < -0.39 is 10.0 Å². The van der Waals surface area contributed by atoms with Gasteiger partial charge >= 0.3 is 0 Å². The van der Waals surface area contributed by atoms with Gasteiger partial charge in [0.05, 0.1) is 10.6 Å². The average molecular weight is 444 g/mol. The van der Waals surface area contributed by atoms with Crippen molar-refractivity contribution in [3.05, 3.63) is 60.2 Å². The Kier molecular flexibility index (Phi) is 7.33. The van der Waals surface area contributed by atoms with Crippen molar-refractivity contribution in [2.24, 2.45) is 11.7 Å². The third kappa shape index (κ3) is 5.44. The van der Waals surface area contributed by atoms with Gasteiger partial charge in [-0.25, -0.2) is 8.42 Å². The van der Waals surface area contributed by atoms with Crippen molar-refractivity contribution in [2.45, 2.75) is 37.5 Å². The maximum atomic E-state index is 13.3. The van der Waals surface area contributed by atoms with Crippen molar-refractivity contribution in [3.63, 3.8) is 0 Å². The van der Waals surface area contributed by atoms with Crippen molar-refractivity contribution in [1.29, 1.82) is 0 Å². The first kappa shape index (κ1) is 22.8. The smallest absolute Gasteiger partial charge is 0.264 e. The second kappa shape index (κ2) is 9.96. The number of benzene rings is 2. The summed E-state index contributed by atoms with van der Waals surface area (Å²) in [6.07, 6.45) is 2.78. The third-order valence-electron chi connectivity index (χ3n) is 5.61. The number of nitrogens with zero attached hydrogens (tertiary/aromatic N) is 2. The Labute approximate surface area is 183 Å². The van der Waals surface area contributed by atoms with Crippen LogP contribution in [0.3, 0.4) is 0 Å². The van der Waals surface area contributed by atoms with Crippen molar-refractivity contribution >= 4 is 27.5 Å². The molecule has 0 bridgehead atoms. The molecular weight excluding hydrogens is 414 g/mol. The fraction of sp³-hybridized carbons (Fsp3) is 0.391. The van der Waals surface area contributed by atoms with Crippen LogP contribution in [0.1, 0.15) is 43.0 Å². The summed E-state index contributed by atoms with van der Waals surface area (Å²) >= 11 is 0. The summed E-state index contributed by atoms with van der Waals surface area (Å²) in [5.74, 6) is -0.297. The highest BCUT2D eigenvalue weighted by Gasteiger charge is 2.27. The Hall–Kier alpha value is -2.87. The maximum absolute atomic E-state index is 13.3. The number of anilines is 1. The molecule has 0 radical (unpaired) electrons. The summed E-state index contributed by atoms with van der Waals surface area (Å²) in [5, 5.41) is 0. The van der Waals surface area contributed by atoms with Gasteiger partial charge in [0.1, 0.15) is 0 Å². The molecule has 0 saturated carbocycles. The minimum absolute atomic E-state index is 0.0892. The van der Waals surface area contributed by atoms with Crippen LogP contribution >= 0.6 is 0 Å². The second-order valence-corrected chi connectivity index (χ2v) is 9.66. The average Bonchev–Trinajstić information content (AvgIpc) is 2.78. The summed E-state index contributed by atoms with van der Waals surface area (Å²) in [6.45, 7) is 3.22. The molecule has 1 atom stereocenters. The normalized spacial score (nSPS) is 16.7. The van der Waals surface area contributed by atoms with E-state index in [9.17, 15) is 18.0 Å². The van der Waals surface area contributed by atoms with Gasteiger partial charge in [0, 0.05) is 31.6 Å². The van der Waals surface area contributed by atoms with Gasteiger partial charge in [-0.3, -0.25) is 13.9 Å².